The highest BCUT2D eigenvalue weighted by Gasteiger charge is 2.27. The van der Waals surface area contributed by atoms with Crippen molar-refractivity contribution in [3.8, 4) is 0 Å². The number of phosphoric acid groups is 1. The van der Waals surface area contributed by atoms with Crippen molar-refractivity contribution in [1.82, 2.24) is 5.32 Å². The van der Waals surface area contributed by atoms with Crippen LogP contribution < -0.4 is 5.32 Å². The number of rotatable bonds is 46. The molecular formula is C52H100N2O6P+. The van der Waals surface area contributed by atoms with Gasteiger partial charge in [0, 0.05) is 6.42 Å². The third-order valence-corrected chi connectivity index (χ3v) is 12.3. The Labute approximate surface area is 378 Å². The van der Waals surface area contributed by atoms with E-state index >= 15 is 0 Å². The van der Waals surface area contributed by atoms with E-state index in [0.717, 1.165) is 44.9 Å². The molecule has 61 heavy (non-hydrogen) atoms. The van der Waals surface area contributed by atoms with E-state index in [1.54, 1.807) is 6.08 Å². The Morgan fingerprint density at radius 3 is 1.43 bits per heavy atom. The Balaban J connectivity index is 4.09. The van der Waals surface area contributed by atoms with Crippen LogP contribution in [0.1, 0.15) is 226 Å². The van der Waals surface area contributed by atoms with E-state index in [1.165, 1.54) is 161 Å². The molecule has 3 unspecified atom stereocenters. The van der Waals surface area contributed by atoms with Gasteiger partial charge in [-0.3, -0.25) is 13.8 Å². The average Bonchev–Trinajstić information content (AvgIpc) is 3.21. The minimum absolute atomic E-state index is 0.0551. The summed E-state index contributed by atoms with van der Waals surface area (Å²) in [6.45, 7) is 4.76. The molecule has 0 aliphatic rings. The SMILES string of the molecule is CCCCCC/C=C/CC/C=C/C(O)C(COP(=O)(O)OCC[N+](C)(C)C)NC(=O)CCCCCCCCCCCCCCC/C=C\C/C=C\CCCCCCCCCCC. The number of unbranched alkanes of at least 4 members (excludes halogenated alkanes) is 27. The second kappa shape index (κ2) is 43.7. The molecule has 0 fully saturated rings. The Bertz CT molecular complexity index is 1130. The molecule has 3 atom stereocenters. The van der Waals surface area contributed by atoms with Crippen molar-refractivity contribution in [3.05, 3.63) is 48.6 Å². The van der Waals surface area contributed by atoms with Crippen molar-refractivity contribution in [1.29, 1.82) is 0 Å². The zero-order valence-corrected chi connectivity index (χ0v) is 41.5. The molecule has 0 heterocycles. The van der Waals surface area contributed by atoms with E-state index in [1.807, 2.05) is 27.2 Å². The number of phosphoric ester groups is 1. The molecule has 3 N–H and O–H groups in total. The maximum atomic E-state index is 12.9. The number of nitrogens with one attached hydrogen (secondary N) is 1. The fourth-order valence-electron chi connectivity index (χ4n) is 7.21. The summed E-state index contributed by atoms with van der Waals surface area (Å²) in [7, 11) is 1.55. The van der Waals surface area contributed by atoms with Crippen LogP contribution >= 0.6 is 7.82 Å². The summed E-state index contributed by atoms with van der Waals surface area (Å²) < 4.78 is 23.5. The van der Waals surface area contributed by atoms with Gasteiger partial charge >= 0.3 is 7.82 Å². The van der Waals surface area contributed by atoms with Crippen LogP contribution in [0.5, 0.6) is 0 Å². The molecule has 0 spiro atoms. The zero-order chi connectivity index (χ0) is 45.0. The van der Waals surface area contributed by atoms with E-state index in [9.17, 15) is 19.4 Å². The fourth-order valence-corrected chi connectivity index (χ4v) is 7.94. The van der Waals surface area contributed by atoms with Crippen molar-refractivity contribution in [2.45, 2.75) is 238 Å². The number of allylic oxidation sites excluding steroid dienone is 7. The number of carbonyl (C=O) groups is 1. The number of amides is 1. The summed E-state index contributed by atoms with van der Waals surface area (Å²) in [6.07, 6.45) is 56.5. The van der Waals surface area contributed by atoms with Crippen LogP contribution in [0.25, 0.3) is 0 Å². The van der Waals surface area contributed by atoms with Gasteiger partial charge in [0.2, 0.25) is 5.91 Å². The molecule has 0 aromatic carbocycles. The van der Waals surface area contributed by atoms with E-state index in [2.05, 4.69) is 55.6 Å². The van der Waals surface area contributed by atoms with E-state index in [4.69, 9.17) is 9.05 Å². The minimum atomic E-state index is -4.34. The number of aliphatic hydroxyl groups is 1. The van der Waals surface area contributed by atoms with Gasteiger partial charge in [0.05, 0.1) is 39.9 Å². The van der Waals surface area contributed by atoms with Crippen LogP contribution in [0.2, 0.25) is 0 Å². The Morgan fingerprint density at radius 1 is 0.557 bits per heavy atom. The highest BCUT2D eigenvalue weighted by molar-refractivity contribution is 7.47. The normalized spacial score (nSPS) is 14.5. The van der Waals surface area contributed by atoms with Crippen LogP contribution in [-0.2, 0) is 18.4 Å². The number of hydrogen-bond acceptors (Lipinski definition) is 5. The van der Waals surface area contributed by atoms with Gasteiger partial charge in [-0.25, -0.2) is 4.57 Å². The summed E-state index contributed by atoms with van der Waals surface area (Å²) in [5.74, 6) is -0.190. The van der Waals surface area contributed by atoms with Crippen LogP contribution in [0.4, 0.5) is 0 Å². The van der Waals surface area contributed by atoms with Crippen LogP contribution in [0.3, 0.4) is 0 Å². The first-order chi connectivity index (χ1) is 29.5. The topological polar surface area (TPSA) is 105 Å². The van der Waals surface area contributed by atoms with Crippen LogP contribution in [-0.4, -0.2) is 73.4 Å². The molecule has 1 amide bonds. The maximum absolute atomic E-state index is 12.9. The monoisotopic (exact) mass is 880 g/mol. The molecule has 0 bridgehead atoms. The lowest BCUT2D eigenvalue weighted by Crippen LogP contribution is -2.45. The zero-order valence-electron chi connectivity index (χ0n) is 40.7. The number of likely N-dealkylation sites (N-methyl/N-ethyl adjacent to an activating group) is 1. The van der Waals surface area contributed by atoms with Crippen molar-refractivity contribution in [3.63, 3.8) is 0 Å². The lowest BCUT2D eigenvalue weighted by atomic mass is 10.0. The summed E-state index contributed by atoms with van der Waals surface area (Å²) in [5, 5.41) is 13.8. The molecule has 8 nitrogen and oxygen atoms in total. The van der Waals surface area contributed by atoms with Gasteiger partial charge in [-0.2, -0.15) is 0 Å². The van der Waals surface area contributed by atoms with Gasteiger partial charge in [0.15, 0.2) is 0 Å². The molecule has 0 radical (unpaired) electrons. The number of nitrogens with zero attached hydrogens (tertiary/aromatic N) is 1. The Hall–Kier alpha value is -1.54. The molecule has 0 saturated heterocycles. The van der Waals surface area contributed by atoms with Gasteiger partial charge in [-0.1, -0.05) is 204 Å². The standard InChI is InChI=1S/C52H99N2O6P/c1-6-8-10-12-14-16-18-19-20-21-22-23-24-25-26-27-28-29-30-31-32-33-34-35-36-38-40-42-44-46-52(56)53-50(49-60-61(57,58)59-48-47-54(3,4)5)51(55)45-43-41-39-37-17-15-13-11-9-7-2/h17,22-23,25-26,37,43,45,50-51,55H,6-16,18-21,24,27-36,38-42,44,46-49H2,1-5H3,(H-,53,56,57,58)/p+1/b23-22-,26-25-,37-17+,45-43+. The first kappa shape index (κ1) is 59.5. The molecule has 0 rings (SSSR count). The molecule has 0 aromatic rings. The summed E-state index contributed by atoms with van der Waals surface area (Å²) >= 11 is 0. The van der Waals surface area contributed by atoms with E-state index in [-0.39, 0.29) is 19.1 Å². The van der Waals surface area contributed by atoms with Crippen molar-refractivity contribution >= 4 is 13.7 Å². The molecule has 0 saturated carbocycles. The molecular weight excluding hydrogens is 780 g/mol. The number of quaternary nitrogens is 1. The quantitative estimate of drug-likeness (QED) is 0.0243. The van der Waals surface area contributed by atoms with Crippen molar-refractivity contribution in [2.24, 2.45) is 0 Å². The molecule has 0 aliphatic heterocycles. The smallest absolute Gasteiger partial charge is 0.387 e. The van der Waals surface area contributed by atoms with Gasteiger partial charge < -0.3 is 19.8 Å². The van der Waals surface area contributed by atoms with E-state index in [0.29, 0.717) is 17.4 Å². The number of aliphatic hydroxyl groups excluding tert-OH is 1. The van der Waals surface area contributed by atoms with Crippen molar-refractivity contribution in [2.75, 3.05) is 40.9 Å². The van der Waals surface area contributed by atoms with Gasteiger partial charge in [0.1, 0.15) is 13.2 Å². The Kier molecular flexibility index (Phi) is 42.6. The first-order valence-corrected chi connectivity index (χ1v) is 27.0. The summed E-state index contributed by atoms with van der Waals surface area (Å²) in [4.78, 5) is 23.1. The average molecular weight is 880 g/mol. The maximum Gasteiger partial charge on any atom is 0.472 e. The lowest BCUT2D eigenvalue weighted by molar-refractivity contribution is -0.870. The largest absolute Gasteiger partial charge is 0.472 e. The third kappa shape index (κ3) is 46.3. The fraction of sp³-hybridized carbons (Fsp3) is 0.827. The molecule has 0 aliphatic carbocycles. The first-order valence-electron chi connectivity index (χ1n) is 25.5. The van der Waals surface area contributed by atoms with Gasteiger partial charge in [0.25, 0.3) is 0 Å². The second-order valence-corrected chi connectivity index (χ2v) is 20.0. The minimum Gasteiger partial charge on any atom is -0.387 e. The highest BCUT2D eigenvalue weighted by Crippen LogP contribution is 2.43. The highest BCUT2D eigenvalue weighted by atomic mass is 31.2. The van der Waals surface area contributed by atoms with Crippen LogP contribution in [0, 0.1) is 0 Å². The predicted molar refractivity (Wildman–Crippen MR) is 263 cm³/mol. The number of hydrogen-bond donors (Lipinski definition) is 3. The van der Waals surface area contributed by atoms with Gasteiger partial charge in [-0.05, 0) is 64.2 Å². The number of carbonyl (C=O) groups excluding carboxylic acids is 1. The summed E-state index contributed by atoms with van der Waals surface area (Å²) in [6, 6.07) is -0.862. The molecule has 0 aromatic heterocycles. The van der Waals surface area contributed by atoms with E-state index < -0.39 is 20.0 Å². The van der Waals surface area contributed by atoms with Gasteiger partial charge in [-0.15, -0.1) is 0 Å². The second-order valence-electron chi connectivity index (χ2n) is 18.5. The van der Waals surface area contributed by atoms with Crippen molar-refractivity contribution < 1.29 is 32.9 Å². The predicted octanol–water partition coefficient (Wildman–Crippen LogP) is 14.8. The molecule has 358 valence electrons. The van der Waals surface area contributed by atoms with Crippen LogP contribution in [0.15, 0.2) is 48.6 Å². The Morgan fingerprint density at radius 2 is 0.951 bits per heavy atom. The summed E-state index contributed by atoms with van der Waals surface area (Å²) in [5.41, 5.74) is 0. The third-order valence-electron chi connectivity index (χ3n) is 11.3. The lowest BCUT2D eigenvalue weighted by Gasteiger charge is -2.25. The molecule has 9 heteroatoms.